The molecule has 0 radical (unpaired) electrons. The first-order valence-electron chi connectivity index (χ1n) is 7.85. The molecule has 0 aliphatic carbocycles. The molecule has 2 rings (SSSR count). The van der Waals surface area contributed by atoms with Crippen molar-refractivity contribution in [3.63, 3.8) is 0 Å². The van der Waals surface area contributed by atoms with Crippen LogP contribution in [0.2, 0.25) is 0 Å². The van der Waals surface area contributed by atoms with Crippen molar-refractivity contribution < 1.29 is 28.6 Å². The van der Waals surface area contributed by atoms with Gasteiger partial charge in [0.15, 0.2) is 0 Å². The molecule has 0 aliphatic rings. The molecule has 0 saturated carbocycles. The van der Waals surface area contributed by atoms with Gasteiger partial charge in [-0.05, 0) is 76.2 Å². The van der Waals surface area contributed by atoms with E-state index in [9.17, 15) is 14.5 Å². The average Bonchev–Trinajstić information content (AvgIpc) is 2.50. The van der Waals surface area contributed by atoms with E-state index in [-0.39, 0.29) is 5.82 Å². The maximum Gasteiger partial charge on any atom is 0.710 e. The van der Waals surface area contributed by atoms with E-state index < -0.39 is 18.5 Å². The molecule has 2 aromatic carbocycles. The van der Waals surface area contributed by atoms with Gasteiger partial charge in [-0.25, -0.2) is 4.39 Å². The van der Waals surface area contributed by atoms with Gasteiger partial charge in [0, 0.05) is 0 Å². The SMILES string of the molecule is CC(C)(O)C(C)(C)OB(O)Oc1ccc(Oc2ccc(F)cc2)cc1. The van der Waals surface area contributed by atoms with Gasteiger partial charge in [0.1, 0.15) is 23.1 Å². The molecule has 2 N–H and O–H groups in total. The fourth-order valence-electron chi connectivity index (χ4n) is 1.76. The van der Waals surface area contributed by atoms with Crippen molar-refractivity contribution in [1.82, 2.24) is 0 Å². The Labute approximate surface area is 147 Å². The maximum absolute atomic E-state index is 12.9. The van der Waals surface area contributed by atoms with E-state index in [1.807, 2.05) is 0 Å². The largest absolute Gasteiger partial charge is 0.710 e. The second-order valence-electron chi connectivity index (χ2n) is 6.64. The van der Waals surface area contributed by atoms with Gasteiger partial charge >= 0.3 is 7.32 Å². The van der Waals surface area contributed by atoms with Gasteiger partial charge in [-0.15, -0.1) is 0 Å². The standard InChI is InChI=1S/C18H22BFO5/c1-17(2,21)18(3,4)25-19(22)24-16-11-9-15(10-12-16)23-14-7-5-13(20)6-8-14/h5-12,21-22H,1-4H3. The van der Waals surface area contributed by atoms with Gasteiger partial charge in [-0.2, -0.15) is 0 Å². The summed E-state index contributed by atoms with van der Waals surface area (Å²) in [6, 6.07) is 12.2. The lowest BCUT2D eigenvalue weighted by atomic mass is 9.88. The van der Waals surface area contributed by atoms with Crippen LogP contribution in [0, 0.1) is 5.82 Å². The summed E-state index contributed by atoms with van der Waals surface area (Å²) in [6.07, 6.45) is 0. The summed E-state index contributed by atoms with van der Waals surface area (Å²) in [5.74, 6) is 1.07. The Morgan fingerprint density at radius 2 is 1.28 bits per heavy atom. The molecule has 0 aliphatic heterocycles. The molecule has 2 aromatic rings. The average molecular weight is 348 g/mol. The minimum Gasteiger partial charge on any atom is -0.512 e. The van der Waals surface area contributed by atoms with Crippen molar-refractivity contribution in [3.8, 4) is 17.2 Å². The van der Waals surface area contributed by atoms with Crippen LogP contribution in [0.25, 0.3) is 0 Å². The van der Waals surface area contributed by atoms with Crippen molar-refractivity contribution in [1.29, 1.82) is 0 Å². The zero-order valence-corrected chi connectivity index (χ0v) is 14.7. The molecule has 0 heterocycles. The predicted octanol–water partition coefficient (Wildman–Crippen LogP) is 3.54. The summed E-state index contributed by atoms with van der Waals surface area (Å²) in [6.45, 7) is 6.47. The number of ether oxygens (including phenoxy) is 1. The monoisotopic (exact) mass is 348 g/mol. The van der Waals surface area contributed by atoms with Gasteiger partial charge in [-0.3, -0.25) is 0 Å². The first kappa shape index (κ1) is 19.2. The highest BCUT2D eigenvalue weighted by Crippen LogP contribution is 2.27. The Balaban J connectivity index is 1.94. The van der Waals surface area contributed by atoms with Crippen LogP contribution in [0.5, 0.6) is 17.2 Å². The van der Waals surface area contributed by atoms with Crippen molar-refractivity contribution in [2.75, 3.05) is 0 Å². The molecule has 25 heavy (non-hydrogen) atoms. The smallest absolute Gasteiger partial charge is 0.512 e. The van der Waals surface area contributed by atoms with Crippen LogP contribution in [-0.2, 0) is 4.65 Å². The Hall–Kier alpha value is -2.09. The highest BCUT2D eigenvalue weighted by molar-refractivity contribution is 6.35. The lowest BCUT2D eigenvalue weighted by molar-refractivity contribution is -0.108. The molecule has 0 fully saturated rings. The Morgan fingerprint density at radius 3 is 1.76 bits per heavy atom. The third kappa shape index (κ3) is 5.46. The van der Waals surface area contributed by atoms with E-state index in [1.54, 1.807) is 52.0 Å². The number of halogens is 1. The molecule has 134 valence electrons. The van der Waals surface area contributed by atoms with E-state index >= 15 is 0 Å². The van der Waals surface area contributed by atoms with Crippen molar-refractivity contribution in [3.05, 3.63) is 54.3 Å². The third-order valence-electron chi connectivity index (χ3n) is 3.98. The molecular formula is C18H22BFO5. The Bertz CT molecular complexity index is 680. The quantitative estimate of drug-likeness (QED) is 0.749. The van der Waals surface area contributed by atoms with E-state index in [2.05, 4.69) is 0 Å². The third-order valence-corrected chi connectivity index (χ3v) is 3.98. The van der Waals surface area contributed by atoms with Crippen molar-refractivity contribution >= 4 is 7.32 Å². The van der Waals surface area contributed by atoms with Crippen molar-refractivity contribution in [2.45, 2.75) is 38.9 Å². The highest BCUT2D eigenvalue weighted by Gasteiger charge is 2.40. The Kier molecular flexibility index (Phi) is 5.72. The molecule has 5 nitrogen and oxygen atoms in total. The molecule has 0 bridgehead atoms. The van der Waals surface area contributed by atoms with Crippen LogP contribution in [0.15, 0.2) is 48.5 Å². The second kappa shape index (κ2) is 7.43. The molecule has 0 amide bonds. The number of hydrogen-bond acceptors (Lipinski definition) is 5. The summed E-state index contributed by atoms with van der Waals surface area (Å²) < 4.78 is 29.1. The topological polar surface area (TPSA) is 68.2 Å². The van der Waals surface area contributed by atoms with Crippen LogP contribution in [0.1, 0.15) is 27.7 Å². The summed E-state index contributed by atoms with van der Waals surface area (Å²) in [5, 5.41) is 19.9. The first-order valence-corrected chi connectivity index (χ1v) is 7.85. The lowest BCUT2D eigenvalue weighted by Gasteiger charge is -2.37. The van der Waals surface area contributed by atoms with Gasteiger partial charge < -0.3 is 24.2 Å². The molecule has 0 unspecified atom stereocenters. The van der Waals surface area contributed by atoms with E-state index in [0.29, 0.717) is 17.2 Å². The minimum absolute atomic E-state index is 0.334. The van der Waals surface area contributed by atoms with E-state index in [4.69, 9.17) is 14.0 Å². The molecular weight excluding hydrogens is 326 g/mol. The zero-order valence-electron chi connectivity index (χ0n) is 14.7. The fourth-order valence-corrected chi connectivity index (χ4v) is 1.76. The lowest BCUT2D eigenvalue weighted by Crippen LogP contribution is -2.51. The van der Waals surface area contributed by atoms with Gasteiger partial charge in [-0.1, -0.05) is 0 Å². The van der Waals surface area contributed by atoms with Crippen LogP contribution in [0.3, 0.4) is 0 Å². The second-order valence-corrected chi connectivity index (χ2v) is 6.64. The molecule has 7 heteroatoms. The number of hydrogen-bond donors (Lipinski definition) is 2. The summed E-state index contributed by atoms with van der Waals surface area (Å²) in [4.78, 5) is 0. The number of rotatable bonds is 7. The summed E-state index contributed by atoms with van der Waals surface area (Å²) >= 11 is 0. The summed E-state index contributed by atoms with van der Waals surface area (Å²) in [7, 11) is -1.54. The number of aliphatic hydroxyl groups is 1. The minimum atomic E-state index is -1.54. The van der Waals surface area contributed by atoms with Crippen LogP contribution < -0.4 is 9.39 Å². The van der Waals surface area contributed by atoms with Gasteiger partial charge in [0.2, 0.25) is 0 Å². The van der Waals surface area contributed by atoms with E-state index in [1.165, 1.54) is 24.3 Å². The van der Waals surface area contributed by atoms with Crippen LogP contribution >= 0.6 is 0 Å². The summed E-state index contributed by atoms with van der Waals surface area (Å²) in [5.41, 5.74) is -2.18. The van der Waals surface area contributed by atoms with Crippen LogP contribution in [0.4, 0.5) is 4.39 Å². The highest BCUT2D eigenvalue weighted by atomic mass is 19.1. The number of benzene rings is 2. The molecule has 0 spiro atoms. The Morgan fingerprint density at radius 1 is 0.840 bits per heavy atom. The van der Waals surface area contributed by atoms with Crippen LogP contribution in [-0.4, -0.2) is 28.7 Å². The zero-order chi connectivity index (χ0) is 18.7. The van der Waals surface area contributed by atoms with Crippen molar-refractivity contribution in [2.24, 2.45) is 0 Å². The predicted molar refractivity (Wildman–Crippen MR) is 93.0 cm³/mol. The van der Waals surface area contributed by atoms with Gasteiger partial charge in [0.05, 0.1) is 11.2 Å². The maximum atomic E-state index is 12.9. The molecule has 0 atom stereocenters. The van der Waals surface area contributed by atoms with E-state index in [0.717, 1.165) is 0 Å². The first-order chi connectivity index (χ1) is 11.6. The normalized spacial score (nSPS) is 12.0. The molecule has 0 aromatic heterocycles. The fraction of sp³-hybridized carbons (Fsp3) is 0.333. The van der Waals surface area contributed by atoms with Gasteiger partial charge in [0.25, 0.3) is 0 Å². The molecule has 0 saturated heterocycles.